The van der Waals surface area contributed by atoms with Crippen LogP contribution in [0.25, 0.3) is 10.2 Å². The molecule has 0 aliphatic heterocycles. The third-order valence-electron chi connectivity index (χ3n) is 2.62. The van der Waals surface area contributed by atoms with E-state index in [2.05, 4.69) is 11.9 Å². The molecular formula is C12H14N2O2S. The van der Waals surface area contributed by atoms with Crippen molar-refractivity contribution in [2.45, 2.75) is 32.6 Å². The first kappa shape index (κ1) is 12.0. The molecule has 90 valence electrons. The molecule has 1 aromatic heterocycles. The van der Waals surface area contributed by atoms with Crippen LogP contribution in [-0.4, -0.2) is 9.91 Å². The van der Waals surface area contributed by atoms with Gasteiger partial charge in [0.2, 0.25) is 0 Å². The minimum atomic E-state index is -0.365. The SMILES string of the molecule is CCCCCc1nc2ccc([N+](=O)[O-])cc2s1. The highest BCUT2D eigenvalue weighted by Gasteiger charge is 2.09. The van der Waals surface area contributed by atoms with Gasteiger partial charge in [-0.25, -0.2) is 4.98 Å². The van der Waals surface area contributed by atoms with Crippen LogP contribution in [0.5, 0.6) is 0 Å². The Hall–Kier alpha value is -1.49. The maximum Gasteiger partial charge on any atom is 0.270 e. The number of aromatic nitrogens is 1. The Labute approximate surface area is 103 Å². The molecule has 0 N–H and O–H groups in total. The number of unbranched alkanes of at least 4 members (excludes halogenated alkanes) is 2. The summed E-state index contributed by atoms with van der Waals surface area (Å²) in [6.45, 7) is 2.17. The van der Waals surface area contributed by atoms with E-state index >= 15 is 0 Å². The Morgan fingerprint density at radius 2 is 2.24 bits per heavy atom. The molecule has 1 heterocycles. The maximum absolute atomic E-state index is 10.7. The second kappa shape index (κ2) is 5.23. The van der Waals surface area contributed by atoms with Crippen molar-refractivity contribution in [3.8, 4) is 0 Å². The summed E-state index contributed by atoms with van der Waals surface area (Å²) in [6, 6.07) is 4.85. The van der Waals surface area contributed by atoms with E-state index in [1.54, 1.807) is 23.5 Å². The summed E-state index contributed by atoms with van der Waals surface area (Å²) in [6.07, 6.45) is 4.51. The van der Waals surface area contributed by atoms with Gasteiger partial charge < -0.3 is 0 Å². The fourth-order valence-corrected chi connectivity index (χ4v) is 2.75. The van der Waals surface area contributed by atoms with E-state index in [1.165, 1.54) is 18.9 Å². The van der Waals surface area contributed by atoms with Crippen molar-refractivity contribution in [3.05, 3.63) is 33.3 Å². The number of nitro groups is 1. The van der Waals surface area contributed by atoms with Crippen molar-refractivity contribution in [1.29, 1.82) is 0 Å². The Morgan fingerprint density at radius 3 is 2.94 bits per heavy atom. The van der Waals surface area contributed by atoms with Gasteiger partial charge in [0.05, 0.1) is 20.1 Å². The van der Waals surface area contributed by atoms with E-state index in [-0.39, 0.29) is 10.6 Å². The lowest BCUT2D eigenvalue weighted by Gasteiger charge is -1.92. The summed E-state index contributed by atoms with van der Waals surface area (Å²) >= 11 is 1.56. The maximum atomic E-state index is 10.7. The number of non-ortho nitro benzene ring substituents is 1. The van der Waals surface area contributed by atoms with Crippen molar-refractivity contribution >= 4 is 27.2 Å². The van der Waals surface area contributed by atoms with Crippen molar-refractivity contribution < 1.29 is 4.92 Å². The van der Waals surface area contributed by atoms with Crippen LogP contribution in [0.1, 0.15) is 31.2 Å². The predicted molar refractivity (Wildman–Crippen MR) is 69.5 cm³/mol. The van der Waals surface area contributed by atoms with Gasteiger partial charge in [-0.1, -0.05) is 19.8 Å². The molecular weight excluding hydrogens is 236 g/mol. The standard InChI is InChI=1S/C12H14N2O2S/c1-2-3-4-5-12-13-10-7-6-9(14(15)16)8-11(10)17-12/h6-8H,2-5H2,1H3. The first-order valence-electron chi connectivity index (χ1n) is 5.74. The molecule has 0 unspecified atom stereocenters. The topological polar surface area (TPSA) is 56.0 Å². The molecule has 0 atom stereocenters. The van der Waals surface area contributed by atoms with E-state index in [1.807, 2.05) is 0 Å². The number of nitrogens with zero attached hydrogens (tertiary/aromatic N) is 2. The van der Waals surface area contributed by atoms with Gasteiger partial charge in [0.25, 0.3) is 5.69 Å². The molecule has 0 aliphatic rings. The lowest BCUT2D eigenvalue weighted by Crippen LogP contribution is -1.86. The van der Waals surface area contributed by atoms with Crippen molar-refractivity contribution in [2.75, 3.05) is 0 Å². The molecule has 0 radical (unpaired) electrons. The van der Waals surface area contributed by atoms with Crippen LogP contribution in [0.3, 0.4) is 0 Å². The third-order valence-corrected chi connectivity index (χ3v) is 3.70. The fourth-order valence-electron chi connectivity index (χ4n) is 1.71. The fraction of sp³-hybridized carbons (Fsp3) is 0.417. The average molecular weight is 250 g/mol. The van der Waals surface area contributed by atoms with Crippen molar-refractivity contribution in [2.24, 2.45) is 0 Å². The number of hydrogen-bond donors (Lipinski definition) is 0. The molecule has 0 saturated heterocycles. The smallest absolute Gasteiger partial charge is 0.258 e. The highest BCUT2D eigenvalue weighted by atomic mass is 32.1. The molecule has 4 nitrogen and oxygen atoms in total. The number of thiazole rings is 1. The predicted octanol–water partition coefficient (Wildman–Crippen LogP) is 3.94. The Balaban J connectivity index is 2.21. The molecule has 5 heteroatoms. The lowest BCUT2D eigenvalue weighted by molar-refractivity contribution is -0.384. The summed E-state index contributed by atoms with van der Waals surface area (Å²) in [5.74, 6) is 0. The monoisotopic (exact) mass is 250 g/mol. The molecule has 0 bridgehead atoms. The van der Waals surface area contributed by atoms with E-state index in [0.29, 0.717) is 0 Å². The number of fused-ring (bicyclic) bond motifs is 1. The van der Waals surface area contributed by atoms with E-state index < -0.39 is 0 Å². The van der Waals surface area contributed by atoms with Gasteiger partial charge in [0.1, 0.15) is 0 Å². The quantitative estimate of drug-likeness (QED) is 0.459. The summed E-state index contributed by atoms with van der Waals surface area (Å²) < 4.78 is 0.908. The number of rotatable bonds is 5. The zero-order valence-corrected chi connectivity index (χ0v) is 10.5. The molecule has 0 fully saturated rings. The Kier molecular flexibility index (Phi) is 3.68. The number of aryl methyl sites for hydroxylation is 1. The largest absolute Gasteiger partial charge is 0.270 e. The number of hydrogen-bond acceptors (Lipinski definition) is 4. The van der Waals surface area contributed by atoms with E-state index in [4.69, 9.17) is 0 Å². The zero-order chi connectivity index (χ0) is 12.3. The van der Waals surface area contributed by atoms with Gasteiger partial charge in [-0.2, -0.15) is 0 Å². The minimum Gasteiger partial charge on any atom is -0.258 e. The van der Waals surface area contributed by atoms with Crippen LogP contribution in [0, 0.1) is 10.1 Å². The van der Waals surface area contributed by atoms with Crippen LogP contribution in [0.15, 0.2) is 18.2 Å². The second-order valence-electron chi connectivity index (χ2n) is 3.97. The Morgan fingerprint density at radius 1 is 1.41 bits per heavy atom. The molecule has 2 aromatic rings. The highest BCUT2D eigenvalue weighted by molar-refractivity contribution is 7.18. The summed E-state index contributed by atoms with van der Waals surface area (Å²) in [5, 5.41) is 11.7. The normalized spacial score (nSPS) is 10.9. The third kappa shape index (κ3) is 2.79. The lowest BCUT2D eigenvalue weighted by atomic mass is 10.2. The average Bonchev–Trinajstić information content (AvgIpc) is 2.70. The molecule has 0 spiro atoms. The van der Waals surface area contributed by atoms with E-state index in [0.717, 1.165) is 28.1 Å². The first-order valence-corrected chi connectivity index (χ1v) is 6.56. The molecule has 2 rings (SSSR count). The van der Waals surface area contributed by atoms with Crippen molar-refractivity contribution in [3.63, 3.8) is 0 Å². The summed E-state index contributed by atoms with van der Waals surface area (Å²) in [7, 11) is 0. The highest BCUT2D eigenvalue weighted by Crippen LogP contribution is 2.27. The van der Waals surface area contributed by atoms with Gasteiger partial charge >= 0.3 is 0 Å². The number of benzene rings is 1. The summed E-state index contributed by atoms with van der Waals surface area (Å²) in [4.78, 5) is 14.8. The first-order chi connectivity index (χ1) is 8.20. The van der Waals surface area contributed by atoms with Gasteiger partial charge in [0.15, 0.2) is 0 Å². The van der Waals surface area contributed by atoms with Gasteiger partial charge in [-0.05, 0) is 18.9 Å². The molecule has 1 aromatic carbocycles. The van der Waals surface area contributed by atoms with Gasteiger partial charge in [-0.15, -0.1) is 11.3 Å². The van der Waals surface area contributed by atoms with Crippen LogP contribution in [0.4, 0.5) is 5.69 Å². The summed E-state index contributed by atoms with van der Waals surface area (Å²) in [5.41, 5.74) is 1.01. The van der Waals surface area contributed by atoms with E-state index in [9.17, 15) is 10.1 Å². The van der Waals surface area contributed by atoms with Crippen LogP contribution in [-0.2, 0) is 6.42 Å². The van der Waals surface area contributed by atoms with Gasteiger partial charge in [0, 0.05) is 12.1 Å². The van der Waals surface area contributed by atoms with Crippen LogP contribution in [0.2, 0.25) is 0 Å². The van der Waals surface area contributed by atoms with Gasteiger partial charge in [-0.3, -0.25) is 10.1 Å². The zero-order valence-electron chi connectivity index (χ0n) is 9.68. The minimum absolute atomic E-state index is 0.140. The molecule has 0 amide bonds. The second-order valence-corrected chi connectivity index (χ2v) is 5.09. The molecule has 0 aliphatic carbocycles. The molecule has 0 saturated carbocycles. The van der Waals surface area contributed by atoms with Crippen molar-refractivity contribution in [1.82, 2.24) is 4.98 Å². The molecule has 17 heavy (non-hydrogen) atoms. The van der Waals surface area contributed by atoms with Crippen LogP contribution < -0.4 is 0 Å². The van der Waals surface area contributed by atoms with Crippen LogP contribution >= 0.6 is 11.3 Å². The number of nitro benzene ring substituents is 1. The Bertz CT molecular complexity index is 536.